The second-order valence-corrected chi connectivity index (χ2v) is 10.6. The normalized spacial score (nSPS) is 15.3. The molecule has 3 aromatic rings. The summed E-state index contributed by atoms with van der Waals surface area (Å²) >= 11 is 1.40. The molecule has 1 fully saturated rings. The summed E-state index contributed by atoms with van der Waals surface area (Å²) < 4.78 is 29.0. The van der Waals surface area contributed by atoms with E-state index in [2.05, 4.69) is 15.0 Å². The number of thiazole rings is 1. The monoisotopic (exact) mass is 443 g/mol. The van der Waals surface area contributed by atoms with Crippen molar-refractivity contribution in [2.75, 3.05) is 10.0 Å². The van der Waals surface area contributed by atoms with Crippen LogP contribution in [0.3, 0.4) is 0 Å². The van der Waals surface area contributed by atoms with Crippen LogP contribution in [0.1, 0.15) is 43.2 Å². The fraction of sp³-hybridized carbons (Fsp3) is 0.364. The van der Waals surface area contributed by atoms with E-state index in [-0.39, 0.29) is 16.7 Å². The highest BCUT2D eigenvalue weighted by molar-refractivity contribution is 7.92. The van der Waals surface area contributed by atoms with Crippen LogP contribution in [0.2, 0.25) is 0 Å². The van der Waals surface area contributed by atoms with E-state index < -0.39 is 10.0 Å². The Labute approximate surface area is 180 Å². The Balaban J connectivity index is 1.52. The SMILES string of the molecule is Cc1ccc(S(=O)(=O)Nc2ccc3sc(NC(=O)C4CCCCC4)nc3c2)cc1C. The first-order valence-corrected chi connectivity index (χ1v) is 12.4. The van der Waals surface area contributed by atoms with Crippen LogP contribution >= 0.6 is 11.3 Å². The number of rotatable bonds is 5. The molecule has 0 saturated heterocycles. The van der Waals surface area contributed by atoms with Gasteiger partial charge in [-0.05, 0) is 68.1 Å². The molecule has 158 valence electrons. The molecule has 0 atom stereocenters. The van der Waals surface area contributed by atoms with E-state index in [1.807, 2.05) is 19.9 Å². The lowest BCUT2D eigenvalue weighted by Gasteiger charge is -2.19. The molecule has 0 aliphatic heterocycles. The number of nitrogens with one attached hydrogen (secondary N) is 2. The number of fused-ring (bicyclic) bond motifs is 1. The average Bonchev–Trinajstić information content (AvgIpc) is 3.11. The van der Waals surface area contributed by atoms with Gasteiger partial charge in [0.25, 0.3) is 10.0 Å². The smallest absolute Gasteiger partial charge is 0.261 e. The van der Waals surface area contributed by atoms with Gasteiger partial charge >= 0.3 is 0 Å². The van der Waals surface area contributed by atoms with E-state index in [4.69, 9.17) is 0 Å². The third-order valence-electron chi connectivity index (χ3n) is 5.63. The van der Waals surface area contributed by atoms with Gasteiger partial charge in [-0.2, -0.15) is 0 Å². The first-order chi connectivity index (χ1) is 14.3. The van der Waals surface area contributed by atoms with Gasteiger partial charge in [0, 0.05) is 5.92 Å². The van der Waals surface area contributed by atoms with Crippen LogP contribution in [0.4, 0.5) is 10.8 Å². The van der Waals surface area contributed by atoms with Crippen molar-refractivity contribution in [3.63, 3.8) is 0 Å². The van der Waals surface area contributed by atoms with E-state index in [1.54, 1.807) is 30.3 Å². The minimum Gasteiger partial charge on any atom is -0.302 e. The van der Waals surface area contributed by atoms with Crippen LogP contribution in [0.5, 0.6) is 0 Å². The van der Waals surface area contributed by atoms with E-state index in [0.29, 0.717) is 16.3 Å². The van der Waals surface area contributed by atoms with Gasteiger partial charge in [0.2, 0.25) is 5.91 Å². The van der Waals surface area contributed by atoms with Crippen LogP contribution < -0.4 is 10.0 Å². The summed E-state index contributed by atoms with van der Waals surface area (Å²) in [5, 5.41) is 3.49. The molecule has 0 radical (unpaired) electrons. The van der Waals surface area contributed by atoms with Crippen LogP contribution in [-0.4, -0.2) is 19.3 Å². The molecule has 8 heteroatoms. The van der Waals surface area contributed by atoms with Crippen LogP contribution in [0.15, 0.2) is 41.3 Å². The van der Waals surface area contributed by atoms with Gasteiger partial charge in [-0.1, -0.05) is 36.7 Å². The highest BCUT2D eigenvalue weighted by Gasteiger charge is 2.22. The summed E-state index contributed by atoms with van der Waals surface area (Å²) in [6.07, 6.45) is 5.26. The molecule has 1 aliphatic rings. The molecule has 0 spiro atoms. The van der Waals surface area contributed by atoms with Gasteiger partial charge in [0.1, 0.15) is 0 Å². The highest BCUT2D eigenvalue weighted by atomic mass is 32.2. The third kappa shape index (κ3) is 4.49. The van der Waals surface area contributed by atoms with Crippen LogP contribution in [0.25, 0.3) is 10.2 Å². The largest absolute Gasteiger partial charge is 0.302 e. The topological polar surface area (TPSA) is 88.2 Å². The Morgan fingerprint density at radius 3 is 2.53 bits per heavy atom. The number of amides is 1. The Bertz CT molecular complexity index is 1200. The van der Waals surface area contributed by atoms with Gasteiger partial charge in [-0.15, -0.1) is 0 Å². The Hall–Kier alpha value is -2.45. The molecule has 1 amide bonds. The van der Waals surface area contributed by atoms with E-state index in [9.17, 15) is 13.2 Å². The lowest BCUT2D eigenvalue weighted by molar-refractivity contribution is -0.120. The van der Waals surface area contributed by atoms with E-state index in [0.717, 1.165) is 41.5 Å². The van der Waals surface area contributed by atoms with Gasteiger partial charge in [-0.3, -0.25) is 9.52 Å². The Morgan fingerprint density at radius 1 is 1.03 bits per heavy atom. The molecule has 1 aromatic heterocycles. The summed E-state index contributed by atoms with van der Waals surface area (Å²) in [7, 11) is -3.69. The number of carbonyl (C=O) groups is 1. The zero-order chi connectivity index (χ0) is 21.3. The quantitative estimate of drug-likeness (QED) is 0.565. The lowest BCUT2D eigenvalue weighted by atomic mass is 9.89. The summed E-state index contributed by atoms with van der Waals surface area (Å²) in [4.78, 5) is 17.2. The standard InChI is InChI=1S/C22H25N3O3S2/c1-14-8-10-18(12-15(14)2)30(27,28)25-17-9-11-20-19(13-17)23-22(29-20)24-21(26)16-6-4-3-5-7-16/h8-13,16,25H,3-7H2,1-2H3,(H,23,24,26). The van der Waals surface area contributed by atoms with Crippen LogP contribution in [0, 0.1) is 19.8 Å². The predicted molar refractivity (Wildman–Crippen MR) is 122 cm³/mol. The van der Waals surface area contributed by atoms with Crippen molar-refractivity contribution < 1.29 is 13.2 Å². The first-order valence-electron chi connectivity index (χ1n) is 10.1. The molecule has 2 aromatic carbocycles. The number of hydrogen-bond donors (Lipinski definition) is 2. The van der Waals surface area contributed by atoms with Crippen LogP contribution in [-0.2, 0) is 14.8 Å². The average molecular weight is 444 g/mol. The number of aryl methyl sites for hydroxylation is 2. The number of nitrogens with zero attached hydrogens (tertiary/aromatic N) is 1. The number of sulfonamides is 1. The predicted octanol–water partition coefficient (Wildman–Crippen LogP) is 5.23. The molecule has 1 saturated carbocycles. The zero-order valence-electron chi connectivity index (χ0n) is 17.1. The fourth-order valence-corrected chi connectivity index (χ4v) is 5.70. The molecule has 6 nitrogen and oxygen atoms in total. The number of benzene rings is 2. The zero-order valence-corrected chi connectivity index (χ0v) is 18.7. The molecule has 4 rings (SSSR count). The van der Waals surface area contributed by atoms with E-state index in [1.165, 1.54) is 17.8 Å². The van der Waals surface area contributed by atoms with Crippen molar-refractivity contribution in [3.05, 3.63) is 47.5 Å². The molecule has 30 heavy (non-hydrogen) atoms. The second kappa shape index (κ2) is 8.35. The first kappa shape index (κ1) is 20.8. The molecule has 1 aliphatic carbocycles. The van der Waals surface area contributed by atoms with Crippen molar-refractivity contribution in [2.45, 2.75) is 50.8 Å². The van der Waals surface area contributed by atoms with Crippen molar-refractivity contribution in [2.24, 2.45) is 5.92 Å². The summed E-state index contributed by atoms with van der Waals surface area (Å²) in [6.45, 7) is 3.83. The molecular weight excluding hydrogens is 418 g/mol. The third-order valence-corrected chi connectivity index (χ3v) is 7.97. The lowest BCUT2D eigenvalue weighted by Crippen LogP contribution is -2.24. The Kier molecular flexibility index (Phi) is 5.79. The molecule has 0 bridgehead atoms. The van der Waals surface area contributed by atoms with Gasteiger partial charge < -0.3 is 5.32 Å². The summed E-state index contributed by atoms with van der Waals surface area (Å²) in [5.41, 5.74) is 3.06. The van der Waals surface area contributed by atoms with Gasteiger partial charge in [0.05, 0.1) is 20.8 Å². The van der Waals surface area contributed by atoms with Gasteiger partial charge in [-0.25, -0.2) is 13.4 Å². The maximum Gasteiger partial charge on any atom is 0.261 e. The number of anilines is 2. The summed E-state index contributed by atoms with van der Waals surface area (Å²) in [5.74, 6) is 0.0931. The minimum absolute atomic E-state index is 0.0319. The minimum atomic E-state index is -3.69. The summed E-state index contributed by atoms with van der Waals surface area (Å²) in [6, 6.07) is 10.3. The Morgan fingerprint density at radius 2 is 1.80 bits per heavy atom. The van der Waals surface area contributed by atoms with Crippen molar-refractivity contribution in [1.82, 2.24) is 4.98 Å². The highest BCUT2D eigenvalue weighted by Crippen LogP contribution is 2.31. The maximum atomic E-state index is 12.7. The van der Waals surface area contributed by atoms with Gasteiger partial charge in [0.15, 0.2) is 5.13 Å². The second-order valence-electron chi connectivity index (χ2n) is 7.88. The fourth-order valence-electron chi connectivity index (χ4n) is 3.71. The number of hydrogen-bond acceptors (Lipinski definition) is 5. The van der Waals surface area contributed by atoms with E-state index >= 15 is 0 Å². The number of aromatic nitrogens is 1. The molecule has 0 unspecified atom stereocenters. The number of carbonyl (C=O) groups excluding carboxylic acids is 1. The van der Waals surface area contributed by atoms with Crippen molar-refractivity contribution in [3.8, 4) is 0 Å². The van der Waals surface area contributed by atoms with Crippen molar-refractivity contribution >= 4 is 48.3 Å². The van der Waals surface area contributed by atoms with Crippen molar-refractivity contribution in [1.29, 1.82) is 0 Å². The molecule has 2 N–H and O–H groups in total. The molecule has 1 heterocycles. The molecular formula is C22H25N3O3S2. The maximum absolute atomic E-state index is 12.7.